The van der Waals surface area contributed by atoms with Crippen LogP contribution in [-0.4, -0.2) is 158 Å². The Balaban J connectivity index is 6.45. The van der Waals surface area contributed by atoms with Gasteiger partial charge in [0.25, 0.3) is 0 Å². The van der Waals surface area contributed by atoms with Crippen molar-refractivity contribution >= 4 is 71.1 Å². The topological polar surface area (TPSA) is 428 Å². The summed E-state index contributed by atoms with van der Waals surface area (Å²) in [7, 11) is 0. The van der Waals surface area contributed by atoms with E-state index >= 15 is 0 Å². The first-order valence-electron chi connectivity index (χ1n) is 22.0. The van der Waals surface area contributed by atoms with E-state index in [1.807, 2.05) is 29.8 Å². The van der Waals surface area contributed by atoms with Crippen LogP contribution >= 0.6 is 0 Å². The molecule has 0 bridgehead atoms. The molecule has 0 unspecified atom stereocenters. The molecule has 15 N–H and O–H groups in total. The number of carbonyl (C=O) groups is 12. The fraction of sp³-hybridized carbons (Fsp3) is 0.714. The lowest BCUT2D eigenvalue weighted by Crippen LogP contribution is -2.62. The van der Waals surface area contributed by atoms with Gasteiger partial charge in [-0.25, -0.2) is 4.79 Å². The summed E-state index contributed by atoms with van der Waals surface area (Å²) < 4.78 is 0. The molecule has 0 heterocycles. The second kappa shape index (κ2) is 29.3. The van der Waals surface area contributed by atoms with Gasteiger partial charge in [0.2, 0.25) is 47.3 Å². The third-order valence-corrected chi connectivity index (χ3v) is 9.98. The summed E-state index contributed by atoms with van der Waals surface area (Å²) in [6, 6.07) is -14.6. The van der Waals surface area contributed by atoms with Crippen LogP contribution in [0.25, 0.3) is 0 Å². The Hall–Kier alpha value is -6.44. The zero-order valence-corrected chi connectivity index (χ0v) is 40.0. The lowest BCUT2D eigenvalue weighted by atomic mass is 9.98. The van der Waals surface area contributed by atoms with Crippen molar-refractivity contribution < 1.29 is 83.1 Å². The molecule has 0 radical (unpaired) electrons. The van der Waals surface area contributed by atoms with Crippen LogP contribution in [0.5, 0.6) is 0 Å². The van der Waals surface area contributed by atoms with E-state index in [9.17, 15) is 83.1 Å². The van der Waals surface area contributed by atoms with E-state index in [0.29, 0.717) is 0 Å². The molecule has 0 saturated carbocycles. The molecule has 0 aromatic carbocycles. The number of nitrogens with two attached hydrogens (primary N) is 1. The SMILES string of the molecule is CC(C)C[C@H](NC(=O)[C@@H](N)CC(C)C)C(=O)N[C@@H](CO)C(=O)N[C@@H](CC(=O)O)C(=O)N[C@@H](CC(=O)O)C(=O)N[C@@H](CC(=O)O)C(=O)N[C@H](C(=O)N[C@H](C(=O)N[C@H](C(=O)O)C(C)C)C(C)C)C(C)C. The Bertz CT molecular complexity index is 1820. The van der Waals surface area contributed by atoms with Gasteiger partial charge < -0.3 is 73.8 Å². The van der Waals surface area contributed by atoms with E-state index in [2.05, 4.69) is 26.6 Å². The number of aliphatic carboxylic acids is 4. The second-order valence-electron chi connectivity index (χ2n) is 18.2. The Morgan fingerprint density at radius 1 is 0.368 bits per heavy atom. The Labute approximate surface area is 393 Å². The summed E-state index contributed by atoms with van der Waals surface area (Å²) in [5, 5.41) is 66.1. The molecule has 0 aliphatic rings. The van der Waals surface area contributed by atoms with Crippen molar-refractivity contribution in [1.29, 1.82) is 0 Å². The van der Waals surface area contributed by atoms with Gasteiger partial charge in [0, 0.05) is 0 Å². The maximum atomic E-state index is 13.6. The lowest BCUT2D eigenvalue weighted by Gasteiger charge is -2.29. The minimum absolute atomic E-state index is 0.0342. The molecular weight excluding hydrogens is 903 g/mol. The van der Waals surface area contributed by atoms with Crippen LogP contribution in [0.15, 0.2) is 0 Å². The van der Waals surface area contributed by atoms with Gasteiger partial charge in [-0.3, -0.25) is 52.7 Å². The number of carbonyl (C=O) groups excluding carboxylic acids is 8. The predicted octanol–water partition coefficient (Wildman–Crippen LogP) is -3.25. The Kier molecular flexibility index (Phi) is 26.6. The zero-order valence-electron chi connectivity index (χ0n) is 40.0. The third kappa shape index (κ3) is 22.4. The van der Waals surface area contributed by atoms with Crippen molar-refractivity contribution in [2.45, 2.75) is 156 Å². The summed E-state index contributed by atoms with van der Waals surface area (Å²) in [4.78, 5) is 154. The molecule has 0 rings (SSSR count). The quantitative estimate of drug-likeness (QED) is 0.0324. The van der Waals surface area contributed by atoms with Gasteiger partial charge in [-0.05, 0) is 42.4 Å². The van der Waals surface area contributed by atoms with Crippen LogP contribution in [-0.2, 0) is 57.5 Å². The van der Waals surface area contributed by atoms with E-state index in [1.54, 1.807) is 41.5 Å². The molecule has 0 fully saturated rings. The summed E-state index contributed by atoms with van der Waals surface area (Å²) >= 11 is 0. The number of hydrogen-bond acceptors (Lipinski definition) is 14. The third-order valence-electron chi connectivity index (χ3n) is 9.98. The molecule has 386 valence electrons. The van der Waals surface area contributed by atoms with Gasteiger partial charge in [-0.15, -0.1) is 0 Å². The van der Waals surface area contributed by atoms with Gasteiger partial charge in [0.1, 0.15) is 48.3 Å². The average molecular weight is 974 g/mol. The van der Waals surface area contributed by atoms with Crippen molar-refractivity contribution in [1.82, 2.24) is 42.5 Å². The average Bonchev–Trinajstić information content (AvgIpc) is 3.19. The van der Waals surface area contributed by atoms with Crippen LogP contribution in [0.1, 0.15) is 101 Å². The number of nitrogens with one attached hydrogen (secondary N) is 8. The molecule has 0 aliphatic heterocycles. The molecule has 26 heteroatoms. The summed E-state index contributed by atoms with van der Waals surface area (Å²) in [5.74, 6) is -17.5. The van der Waals surface area contributed by atoms with E-state index < -0.39 is 169 Å². The molecule has 9 atom stereocenters. The van der Waals surface area contributed by atoms with Crippen LogP contribution in [0.2, 0.25) is 0 Å². The lowest BCUT2D eigenvalue weighted by molar-refractivity contribution is -0.144. The van der Waals surface area contributed by atoms with Crippen LogP contribution in [0.4, 0.5) is 0 Å². The maximum Gasteiger partial charge on any atom is 0.326 e. The second-order valence-corrected chi connectivity index (χ2v) is 18.2. The Morgan fingerprint density at radius 2 is 0.647 bits per heavy atom. The molecule has 68 heavy (non-hydrogen) atoms. The number of amides is 8. The van der Waals surface area contributed by atoms with Gasteiger partial charge in [0.15, 0.2) is 0 Å². The van der Waals surface area contributed by atoms with Crippen LogP contribution < -0.4 is 48.3 Å². The largest absolute Gasteiger partial charge is 0.481 e. The Morgan fingerprint density at radius 3 is 0.956 bits per heavy atom. The highest BCUT2D eigenvalue weighted by atomic mass is 16.4. The summed E-state index contributed by atoms with van der Waals surface area (Å²) in [6.45, 7) is 15.1. The minimum atomic E-state index is -2.18. The molecule has 0 aromatic heterocycles. The first-order chi connectivity index (χ1) is 31.3. The molecule has 0 aromatic rings. The first-order valence-corrected chi connectivity index (χ1v) is 22.0. The molecule has 26 nitrogen and oxygen atoms in total. The first kappa shape index (κ1) is 61.6. The standard InChI is InChI=1S/C42H71N9O17/c1-17(2)11-22(43)34(59)44-23(12-18(3)4)35(60)48-27(16-52)39(64)47-25(14-29(55)56)37(62)45-24(13-28(53)54)36(61)46-26(15-30(57)58)38(63)49-31(19(5)6)40(65)50-32(20(7)8)41(66)51-33(21(9)10)42(67)68/h17-27,31-33,52H,11-16,43H2,1-10H3,(H,44,59)(H,45,62)(H,46,61)(H,47,64)(H,48,60)(H,49,63)(H,50,65)(H,51,66)(H,53,54)(H,55,56)(H,57,58)(H,67,68)/t22-,23-,24-,25-,26-,27-,31-,32-,33-/m0/s1. The van der Waals surface area contributed by atoms with E-state index in [0.717, 1.165) is 0 Å². The number of hydrogen-bond donors (Lipinski definition) is 14. The molecule has 0 aliphatic carbocycles. The van der Waals surface area contributed by atoms with E-state index in [1.165, 1.54) is 13.8 Å². The van der Waals surface area contributed by atoms with Crippen molar-refractivity contribution in [3.05, 3.63) is 0 Å². The molecule has 0 spiro atoms. The fourth-order valence-corrected chi connectivity index (χ4v) is 6.36. The zero-order chi connectivity index (χ0) is 52.9. The molecule has 8 amide bonds. The highest BCUT2D eigenvalue weighted by Gasteiger charge is 2.38. The number of rotatable bonds is 31. The van der Waals surface area contributed by atoms with Gasteiger partial charge in [0.05, 0.1) is 31.9 Å². The van der Waals surface area contributed by atoms with Gasteiger partial charge >= 0.3 is 23.9 Å². The van der Waals surface area contributed by atoms with Gasteiger partial charge in [-0.1, -0.05) is 69.2 Å². The number of carboxylic acids is 4. The van der Waals surface area contributed by atoms with Crippen molar-refractivity contribution in [2.75, 3.05) is 6.61 Å². The van der Waals surface area contributed by atoms with Crippen LogP contribution in [0.3, 0.4) is 0 Å². The van der Waals surface area contributed by atoms with E-state index in [4.69, 9.17) is 5.73 Å². The number of aliphatic hydroxyl groups is 1. The highest BCUT2D eigenvalue weighted by Crippen LogP contribution is 2.12. The van der Waals surface area contributed by atoms with Crippen molar-refractivity contribution in [3.8, 4) is 0 Å². The maximum absolute atomic E-state index is 13.6. The number of aliphatic hydroxyl groups excluding tert-OH is 1. The molecular formula is C42H71N9O17. The van der Waals surface area contributed by atoms with Gasteiger partial charge in [-0.2, -0.15) is 0 Å². The summed E-state index contributed by atoms with van der Waals surface area (Å²) in [6.07, 6.45) is -3.28. The van der Waals surface area contributed by atoms with Crippen LogP contribution in [0, 0.1) is 29.6 Å². The van der Waals surface area contributed by atoms with Crippen molar-refractivity contribution in [2.24, 2.45) is 35.3 Å². The summed E-state index contributed by atoms with van der Waals surface area (Å²) in [5.41, 5.74) is 5.95. The van der Waals surface area contributed by atoms with Crippen molar-refractivity contribution in [3.63, 3.8) is 0 Å². The monoisotopic (exact) mass is 973 g/mol. The highest BCUT2D eigenvalue weighted by molar-refractivity contribution is 6.00. The predicted molar refractivity (Wildman–Crippen MR) is 238 cm³/mol. The van der Waals surface area contributed by atoms with E-state index in [-0.39, 0.29) is 24.7 Å². The molecule has 0 saturated heterocycles. The minimum Gasteiger partial charge on any atom is -0.481 e. The fourth-order valence-electron chi connectivity index (χ4n) is 6.36. The number of carboxylic acid groups (broad SMARTS) is 4. The normalized spacial score (nSPS) is 15.3. The smallest absolute Gasteiger partial charge is 0.326 e.